The highest BCUT2D eigenvalue weighted by Crippen LogP contribution is 2.25. The molecule has 1 aromatic rings. The molecular weight excluding hydrogens is 278 g/mol. The molecule has 114 valence electrons. The zero-order valence-electron chi connectivity index (χ0n) is 11.7. The van der Waals surface area contributed by atoms with Crippen LogP contribution in [0.4, 0.5) is 0 Å². The predicted octanol–water partition coefficient (Wildman–Crippen LogP) is 0.386. The number of rotatable bonds is 5. The van der Waals surface area contributed by atoms with Crippen LogP contribution >= 0.6 is 0 Å². The first-order valence-electron chi connectivity index (χ1n) is 6.50. The van der Waals surface area contributed by atoms with Crippen molar-refractivity contribution in [2.45, 2.75) is 6.10 Å². The minimum Gasteiger partial charge on any atom is -0.493 e. The summed E-state index contributed by atoms with van der Waals surface area (Å²) in [6, 6.07) is 7.00. The Hall–Kier alpha value is -2.28. The van der Waals surface area contributed by atoms with E-state index in [9.17, 15) is 9.59 Å². The van der Waals surface area contributed by atoms with Gasteiger partial charge in [-0.1, -0.05) is 12.1 Å². The van der Waals surface area contributed by atoms with Crippen molar-refractivity contribution in [3.05, 3.63) is 24.3 Å². The van der Waals surface area contributed by atoms with Crippen molar-refractivity contribution in [2.24, 2.45) is 0 Å². The number of hydrogen-bond acceptors (Lipinski definition) is 5. The molecule has 1 fully saturated rings. The quantitative estimate of drug-likeness (QED) is 0.845. The van der Waals surface area contributed by atoms with E-state index in [2.05, 4.69) is 0 Å². The number of para-hydroxylation sites is 2. The zero-order chi connectivity index (χ0) is 15.2. The molecule has 0 saturated carbocycles. The molecule has 1 aromatic carbocycles. The number of aliphatic carboxylic acids is 1. The fraction of sp³-hybridized carbons (Fsp3) is 0.429. The standard InChI is InChI=1S/C14H17NO6/c1-19-10-4-2-3-5-11(10)21-9-13(16)15-6-7-20-12(8-15)14(17)18/h2-5,12H,6-9H2,1H3,(H,17,18)/t12-/m0/s1. The van der Waals surface area contributed by atoms with E-state index in [0.717, 1.165) is 0 Å². The molecular formula is C14H17NO6. The summed E-state index contributed by atoms with van der Waals surface area (Å²) in [6.07, 6.45) is -0.978. The molecule has 0 bridgehead atoms. The minimum absolute atomic E-state index is 0.0312. The lowest BCUT2D eigenvalue weighted by Crippen LogP contribution is -2.49. The Morgan fingerprint density at radius 3 is 2.76 bits per heavy atom. The summed E-state index contributed by atoms with van der Waals surface area (Å²) < 4.78 is 15.6. The van der Waals surface area contributed by atoms with Gasteiger partial charge in [-0.3, -0.25) is 4.79 Å². The molecule has 1 N–H and O–H groups in total. The summed E-state index contributed by atoms with van der Waals surface area (Å²) in [7, 11) is 1.52. The van der Waals surface area contributed by atoms with E-state index in [-0.39, 0.29) is 25.7 Å². The maximum absolute atomic E-state index is 12.1. The van der Waals surface area contributed by atoms with Gasteiger partial charge in [0.2, 0.25) is 0 Å². The lowest BCUT2D eigenvalue weighted by Gasteiger charge is -2.30. The number of morpholine rings is 1. The van der Waals surface area contributed by atoms with Gasteiger partial charge in [-0.15, -0.1) is 0 Å². The lowest BCUT2D eigenvalue weighted by molar-refractivity contribution is -0.159. The summed E-state index contributed by atoms with van der Waals surface area (Å²) in [5.74, 6) is -0.347. The van der Waals surface area contributed by atoms with E-state index in [1.807, 2.05) is 0 Å². The van der Waals surface area contributed by atoms with Crippen molar-refractivity contribution in [1.29, 1.82) is 0 Å². The van der Waals surface area contributed by atoms with Crippen molar-refractivity contribution in [3.63, 3.8) is 0 Å². The second-order valence-corrected chi connectivity index (χ2v) is 4.48. The number of carbonyl (C=O) groups is 2. The summed E-state index contributed by atoms with van der Waals surface area (Å²) in [4.78, 5) is 24.4. The molecule has 1 atom stereocenters. The van der Waals surface area contributed by atoms with Crippen molar-refractivity contribution < 1.29 is 28.9 Å². The summed E-state index contributed by atoms with van der Waals surface area (Å²) in [5, 5.41) is 8.90. The molecule has 1 aliphatic rings. The average molecular weight is 295 g/mol. The average Bonchev–Trinajstić information content (AvgIpc) is 2.52. The second-order valence-electron chi connectivity index (χ2n) is 4.48. The number of hydrogen-bond donors (Lipinski definition) is 1. The maximum Gasteiger partial charge on any atom is 0.334 e. The van der Waals surface area contributed by atoms with Gasteiger partial charge < -0.3 is 24.2 Å². The Morgan fingerprint density at radius 1 is 1.38 bits per heavy atom. The van der Waals surface area contributed by atoms with Crippen LogP contribution in [0.25, 0.3) is 0 Å². The van der Waals surface area contributed by atoms with Gasteiger partial charge in [-0.2, -0.15) is 0 Å². The third-order valence-electron chi connectivity index (χ3n) is 3.11. The Bertz CT molecular complexity index is 518. The predicted molar refractivity (Wildman–Crippen MR) is 72.4 cm³/mol. The number of carbonyl (C=O) groups excluding carboxylic acids is 1. The fourth-order valence-corrected chi connectivity index (χ4v) is 1.99. The number of nitrogens with zero attached hydrogens (tertiary/aromatic N) is 1. The van der Waals surface area contributed by atoms with Gasteiger partial charge in [0.15, 0.2) is 24.2 Å². The molecule has 1 amide bonds. The molecule has 1 heterocycles. The van der Waals surface area contributed by atoms with Crippen molar-refractivity contribution in [1.82, 2.24) is 4.90 Å². The van der Waals surface area contributed by atoms with Crippen LogP contribution in [0.2, 0.25) is 0 Å². The molecule has 1 aliphatic heterocycles. The van der Waals surface area contributed by atoms with Crippen LogP contribution in [0.1, 0.15) is 0 Å². The van der Waals surface area contributed by atoms with Gasteiger partial charge in [-0.05, 0) is 12.1 Å². The lowest BCUT2D eigenvalue weighted by atomic mass is 10.2. The van der Waals surface area contributed by atoms with Crippen molar-refractivity contribution >= 4 is 11.9 Å². The number of ether oxygens (including phenoxy) is 3. The molecule has 0 spiro atoms. The topological polar surface area (TPSA) is 85.3 Å². The Morgan fingerprint density at radius 2 is 2.10 bits per heavy atom. The minimum atomic E-state index is -1.07. The number of carboxylic acid groups (broad SMARTS) is 1. The summed E-state index contributed by atoms with van der Waals surface area (Å²) >= 11 is 0. The largest absolute Gasteiger partial charge is 0.493 e. The van der Waals surface area contributed by atoms with Gasteiger partial charge in [0, 0.05) is 6.54 Å². The van der Waals surface area contributed by atoms with Gasteiger partial charge >= 0.3 is 5.97 Å². The van der Waals surface area contributed by atoms with Crippen LogP contribution in [0.3, 0.4) is 0 Å². The first-order chi connectivity index (χ1) is 10.1. The number of methoxy groups -OCH3 is 1. The molecule has 21 heavy (non-hydrogen) atoms. The normalized spacial score (nSPS) is 18.1. The van der Waals surface area contributed by atoms with Gasteiger partial charge in [0.1, 0.15) is 0 Å². The first kappa shape index (κ1) is 15.1. The molecule has 0 unspecified atom stereocenters. The Kier molecular flexibility index (Phi) is 4.99. The van der Waals surface area contributed by atoms with Gasteiger partial charge in [0.25, 0.3) is 5.91 Å². The van der Waals surface area contributed by atoms with E-state index < -0.39 is 12.1 Å². The van der Waals surface area contributed by atoms with E-state index in [1.54, 1.807) is 24.3 Å². The zero-order valence-corrected chi connectivity index (χ0v) is 11.7. The van der Waals surface area contributed by atoms with E-state index in [0.29, 0.717) is 18.0 Å². The van der Waals surface area contributed by atoms with Crippen LogP contribution in [0.15, 0.2) is 24.3 Å². The van der Waals surface area contributed by atoms with Crippen LogP contribution in [-0.2, 0) is 14.3 Å². The molecule has 1 saturated heterocycles. The Labute approximate surface area is 122 Å². The van der Waals surface area contributed by atoms with Gasteiger partial charge in [0.05, 0.1) is 20.3 Å². The molecule has 0 aliphatic carbocycles. The monoisotopic (exact) mass is 295 g/mol. The molecule has 7 nitrogen and oxygen atoms in total. The van der Waals surface area contributed by atoms with Crippen LogP contribution in [0, 0.1) is 0 Å². The third-order valence-corrected chi connectivity index (χ3v) is 3.11. The molecule has 7 heteroatoms. The maximum atomic E-state index is 12.1. The van der Waals surface area contributed by atoms with E-state index in [4.69, 9.17) is 19.3 Å². The van der Waals surface area contributed by atoms with Crippen LogP contribution in [-0.4, -0.2) is 61.4 Å². The summed E-state index contributed by atoms with van der Waals surface area (Å²) in [5.41, 5.74) is 0. The number of carboxylic acids is 1. The van der Waals surface area contributed by atoms with E-state index >= 15 is 0 Å². The van der Waals surface area contributed by atoms with Crippen LogP contribution < -0.4 is 9.47 Å². The van der Waals surface area contributed by atoms with Crippen LogP contribution in [0.5, 0.6) is 11.5 Å². The highest BCUT2D eigenvalue weighted by Gasteiger charge is 2.29. The SMILES string of the molecule is COc1ccccc1OCC(=O)N1CCO[C@H](C(=O)O)C1. The fourth-order valence-electron chi connectivity index (χ4n) is 1.99. The third kappa shape index (κ3) is 3.85. The number of benzene rings is 1. The molecule has 0 aromatic heterocycles. The molecule has 2 rings (SSSR count). The second kappa shape index (κ2) is 6.94. The van der Waals surface area contributed by atoms with Gasteiger partial charge in [-0.25, -0.2) is 4.79 Å². The smallest absolute Gasteiger partial charge is 0.334 e. The van der Waals surface area contributed by atoms with E-state index in [1.165, 1.54) is 12.0 Å². The first-order valence-corrected chi connectivity index (χ1v) is 6.50. The van der Waals surface area contributed by atoms with Crippen molar-refractivity contribution in [3.8, 4) is 11.5 Å². The molecule has 0 radical (unpaired) electrons. The highest BCUT2D eigenvalue weighted by molar-refractivity contribution is 5.79. The van der Waals surface area contributed by atoms with Crippen molar-refractivity contribution in [2.75, 3.05) is 33.4 Å². The summed E-state index contributed by atoms with van der Waals surface area (Å²) in [6.45, 7) is 0.422. The highest BCUT2D eigenvalue weighted by atomic mass is 16.5. The number of amides is 1. The Balaban J connectivity index is 1.91.